The summed E-state index contributed by atoms with van der Waals surface area (Å²) in [6.45, 7) is 0.383. The number of pyridine rings is 1. The second kappa shape index (κ2) is 6.94. The molecule has 0 spiro atoms. The van der Waals surface area contributed by atoms with Gasteiger partial charge in [0.15, 0.2) is 0 Å². The molecular formula is C22H17FN3. The maximum Gasteiger partial charge on any atom is 0.131 e. The van der Waals surface area contributed by atoms with Crippen molar-refractivity contribution in [3.05, 3.63) is 90.5 Å². The van der Waals surface area contributed by atoms with Crippen LogP contribution in [0, 0.1) is 11.9 Å². The van der Waals surface area contributed by atoms with Gasteiger partial charge < -0.3 is 10.7 Å². The molecule has 26 heavy (non-hydrogen) atoms. The fourth-order valence-electron chi connectivity index (χ4n) is 2.93. The van der Waals surface area contributed by atoms with Crippen LogP contribution in [-0.4, -0.2) is 9.97 Å². The summed E-state index contributed by atoms with van der Waals surface area (Å²) in [6, 6.07) is 21.7. The molecule has 0 fully saturated rings. The predicted molar refractivity (Wildman–Crippen MR) is 102 cm³/mol. The zero-order valence-electron chi connectivity index (χ0n) is 14.0. The monoisotopic (exact) mass is 342 g/mol. The van der Waals surface area contributed by atoms with Crippen LogP contribution in [0.3, 0.4) is 0 Å². The molecule has 1 radical (unpaired) electrons. The Morgan fingerprint density at radius 2 is 1.96 bits per heavy atom. The number of halogens is 1. The molecule has 2 aromatic carbocycles. The number of nitrogens with two attached hydrogens (primary N) is 1. The molecular weight excluding hydrogens is 325 g/mol. The first-order chi connectivity index (χ1) is 12.7. The topological polar surface area (TPSA) is 54.7 Å². The van der Waals surface area contributed by atoms with Crippen LogP contribution in [0.5, 0.6) is 0 Å². The van der Waals surface area contributed by atoms with Gasteiger partial charge in [-0.05, 0) is 70.8 Å². The van der Waals surface area contributed by atoms with Crippen molar-refractivity contribution in [3.63, 3.8) is 0 Å². The van der Waals surface area contributed by atoms with Gasteiger partial charge in [-0.15, -0.1) is 0 Å². The van der Waals surface area contributed by atoms with Crippen LogP contribution in [0.25, 0.3) is 33.6 Å². The summed E-state index contributed by atoms with van der Waals surface area (Å²) in [5, 5.41) is 0. The first-order valence-corrected chi connectivity index (χ1v) is 8.35. The van der Waals surface area contributed by atoms with Crippen molar-refractivity contribution in [1.82, 2.24) is 9.97 Å². The van der Waals surface area contributed by atoms with Gasteiger partial charge in [0, 0.05) is 24.5 Å². The normalized spacial score (nSPS) is 10.8. The van der Waals surface area contributed by atoms with Crippen molar-refractivity contribution in [2.75, 3.05) is 0 Å². The van der Waals surface area contributed by atoms with Crippen molar-refractivity contribution < 1.29 is 4.39 Å². The van der Waals surface area contributed by atoms with Crippen LogP contribution in [0.1, 0.15) is 5.56 Å². The minimum absolute atomic E-state index is 0.263. The second-order valence-electron chi connectivity index (χ2n) is 6.02. The van der Waals surface area contributed by atoms with E-state index in [1.165, 1.54) is 6.07 Å². The summed E-state index contributed by atoms with van der Waals surface area (Å²) in [4.78, 5) is 7.55. The molecule has 3 N–H and O–H groups in total. The third-order valence-corrected chi connectivity index (χ3v) is 4.34. The summed E-state index contributed by atoms with van der Waals surface area (Å²) in [5.41, 5.74) is 11.6. The van der Waals surface area contributed by atoms with Crippen molar-refractivity contribution in [2.45, 2.75) is 6.54 Å². The van der Waals surface area contributed by atoms with E-state index in [1.807, 2.05) is 48.7 Å². The number of benzene rings is 2. The standard InChI is InChI=1S/C22H17FN3/c23-20-8-3-15(14-24)12-19(20)17-6-4-16(5-7-17)18-9-11-26-22(13-18)21-2-1-10-25-21/h1-4,6-13,25H,14,24H2. The second-order valence-corrected chi connectivity index (χ2v) is 6.02. The van der Waals surface area contributed by atoms with Crippen LogP contribution in [0.2, 0.25) is 0 Å². The van der Waals surface area contributed by atoms with Gasteiger partial charge in [-0.2, -0.15) is 0 Å². The number of hydrogen-bond donors (Lipinski definition) is 2. The van der Waals surface area contributed by atoms with Gasteiger partial charge in [-0.25, -0.2) is 4.39 Å². The lowest BCUT2D eigenvalue weighted by Crippen LogP contribution is -1.97. The Kier molecular flexibility index (Phi) is 4.33. The Balaban J connectivity index is 1.68. The number of nitrogens with one attached hydrogen (secondary N) is 1. The SMILES string of the molecule is NCc1ccc(F)c(-c2c[c]c(-c3ccnc(-c4ccc[nH]4)c3)cc2)c1. The number of rotatable bonds is 4. The van der Waals surface area contributed by atoms with Crippen LogP contribution < -0.4 is 5.73 Å². The maximum absolute atomic E-state index is 14.2. The van der Waals surface area contributed by atoms with Crippen LogP contribution in [-0.2, 0) is 6.54 Å². The number of aromatic amines is 1. The summed E-state index contributed by atoms with van der Waals surface area (Å²) >= 11 is 0. The zero-order chi connectivity index (χ0) is 17.9. The van der Waals surface area contributed by atoms with E-state index in [4.69, 9.17) is 5.73 Å². The molecule has 3 nitrogen and oxygen atoms in total. The summed E-state index contributed by atoms with van der Waals surface area (Å²) in [7, 11) is 0. The Morgan fingerprint density at radius 1 is 1.04 bits per heavy atom. The van der Waals surface area contributed by atoms with E-state index in [9.17, 15) is 4.39 Å². The molecule has 0 bridgehead atoms. The summed E-state index contributed by atoms with van der Waals surface area (Å²) in [5.74, 6) is -0.263. The molecule has 0 aliphatic heterocycles. The van der Waals surface area contributed by atoms with E-state index in [-0.39, 0.29) is 5.82 Å². The minimum Gasteiger partial charge on any atom is -0.360 e. The molecule has 2 heterocycles. The van der Waals surface area contributed by atoms with Gasteiger partial charge in [0.05, 0.1) is 11.4 Å². The largest absolute Gasteiger partial charge is 0.360 e. The Morgan fingerprint density at radius 3 is 2.69 bits per heavy atom. The number of hydrogen-bond acceptors (Lipinski definition) is 2. The minimum atomic E-state index is -0.263. The van der Waals surface area contributed by atoms with E-state index in [0.717, 1.165) is 33.6 Å². The fraction of sp³-hybridized carbons (Fsp3) is 0.0455. The third-order valence-electron chi connectivity index (χ3n) is 4.34. The lowest BCUT2D eigenvalue weighted by atomic mass is 9.98. The highest BCUT2D eigenvalue weighted by atomic mass is 19.1. The maximum atomic E-state index is 14.2. The van der Waals surface area contributed by atoms with Crippen molar-refractivity contribution >= 4 is 0 Å². The Labute approximate surface area is 151 Å². The van der Waals surface area contributed by atoms with Gasteiger partial charge in [-0.3, -0.25) is 4.98 Å². The fourth-order valence-corrected chi connectivity index (χ4v) is 2.93. The van der Waals surface area contributed by atoms with Gasteiger partial charge in [-0.1, -0.05) is 18.2 Å². The van der Waals surface area contributed by atoms with Crippen molar-refractivity contribution in [2.24, 2.45) is 5.73 Å². The highest BCUT2D eigenvalue weighted by Gasteiger charge is 2.08. The number of aromatic nitrogens is 2. The molecule has 0 unspecified atom stereocenters. The Bertz CT molecular complexity index is 1020. The Hall–Kier alpha value is -3.24. The predicted octanol–water partition coefficient (Wildman–Crippen LogP) is 4.81. The average Bonchev–Trinajstić information content (AvgIpc) is 3.24. The van der Waals surface area contributed by atoms with Crippen LogP contribution >= 0.6 is 0 Å². The molecule has 127 valence electrons. The first kappa shape index (κ1) is 16.2. The summed E-state index contributed by atoms with van der Waals surface area (Å²) < 4.78 is 14.2. The molecule has 0 saturated heterocycles. The van der Waals surface area contributed by atoms with Crippen molar-refractivity contribution in [1.29, 1.82) is 0 Å². The molecule has 0 aliphatic carbocycles. The molecule has 0 atom stereocenters. The smallest absolute Gasteiger partial charge is 0.131 e. The lowest BCUT2D eigenvalue weighted by molar-refractivity contribution is 0.630. The summed E-state index contributed by atoms with van der Waals surface area (Å²) in [6.07, 6.45) is 3.65. The molecule has 4 heteroatoms. The first-order valence-electron chi connectivity index (χ1n) is 8.35. The molecule has 0 saturated carbocycles. The van der Waals surface area contributed by atoms with E-state index < -0.39 is 0 Å². The molecule has 4 aromatic rings. The van der Waals surface area contributed by atoms with Crippen molar-refractivity contribution in [3.8, 4) is 33.6 Å². The third kappa shape index (κ3) is 3.15. The van der Waals surface area contributed by atoms with Crippen LogP contribution in [0.15, 0.2) is 73.1 Å². The van der Waals surface area contributed by atoms with E-state index in [0.29, 0.717) is 12.1 Å². The van der Waals surface area contributed by atoms with Gasteiger partial charge in [0.2, 0.25) is 0 Å². The zero-order valence-corrected chi connectivity index (χ0v) is 14.0. The highest BCUT2D eigenvalue weighted by molar-refractivity contribution is 5.72. The molecule has 2 aromatic heterocycles. The number of nitrogens with zero attached hydrogens (tertiary/aromatic N) is 1. The van der Waals surface area contributed by atoms with Gasteiger partial charge in [0.25, 0.3) is 0 Å². The molecule has 0 amide bonds. The van der Waals surface area contributed by atoms with Gasteiger partial charge in [0.1, 0.15) is 5.82 Å². The van der Waals surface area contributed by atoms with E-state index >= 15 is 0 Å². The molecule has 4 rings (SSSR count). The van der Waals surface area contributed by atoms with Gasteiger partial charge >= 0.3 is 0 Å². The highest BCUT2D eigenvalue weighted by Crippen LogP contribution is 2.28. The van der Waals surface area contributed by atoms with Crippen LogP contribution in [0.4, 0.5) is 4.39 Å². The molecule has 0 aliphatic rings. The van der Waals surface area contributed by atoms with E-state index in [1.54, 1.807) is 18.3 Å². The number of H-pyrrole nitrogens is 1. The lowest BCUT2D eigenvalue weighted by Gasteiger charge is -2.08. The van der Waals surface area contributed by atoms with E-state index in [2.05, 4.69) is 16.0 Å². The quantitative estimate of drug-likeness (QED) is 0.559. The average molecular weight is 342 g/mol.